The van der Waals surface area contributed by atoms with E-state index in [4.69, 9.17) is 9.15 Å². The molecule has 0 spiro atoms. The van der Waals surface area contributed by atoms with Crippen LogP contribution in [0.4, 0.5) is 4.79 Å². The molecule has 0 bridgehead atoms. The molecule has 170 valence electrons. The van der Waals surface area contributed by atoms with E-state index in [9.17, 15) is 14.4 Å². The number of methoxy groups -OCH3 is 1. The number of aromatic nitrogens is 3. The van der Waals surface area contributed by atoms with Crippen LogP contribution < -0.4 is 15.4 Å². The molecule has 0 aliphatic carbocycles. The predicted molar refractivity (Wildman–Crippen MR) is 117 cm³/mol. The fourth-order valence-corrected chi connectivity index (χ4v) is 4.39. The highest BCUT2D eigenvalue weighted by molar-refractivity contribution is 6.08. The van der Waals surface area contributed by atoms with Gasteiger partial charge in [0.15, 0.2) is 16.9 Å². The number of hydrogen-bond donors (Lipinski definition) is 2. The van der Waals surface area contributed by atoms with Gasteiger partial charge in [-0.15, -0.1) is 0 Å². The van der Waals surface area contributed by atoms with Gasteiger partial charge in [-0.3, -0.25) is 14.9 Å². The van der Waals surface area contributed by atoms with Crippen LogP contribution in [0.5, 0.6) is 5.75 Å². The van der Waals surface area contributed by atoms with Crippen LogP contribution in [0.15, 0.2) is 59.3 Å². The van der Waals surface area contributed by atoms with Gasteiger partial charge in [0, 0.05) is 30.6 Å². The normalized spacial score (nSPS) is 19.4. The van der Waals surface area contributed by atoms with E-state index in [1.54, 1.807) is 53.5 Å². The summed E-state index contributed by atoms with van der Waals surface area (Å²) in [4.78, 5) is 44.4. The molecule has 1 saturated heterocycles. The summed E-state index contributed by atoms with van der Waals surface area (Å²) in [6.45, 7) is 0.164. The maximum Gasteiger partial charge on any atom is 0.322 e. The Bertz CT molecular complexity index is 1480. The molecule has 34 heavy (non-hydrogen) atoms. The second-order valence-corrected chi connectivity index (χ2v) is 8.11. The second-order valence-electron chi connectivity index (χ2n) is 8.11. The molecule has 3 aromatic heterocycles. The minimum absolute atomic E-state index is 0.119. The number of carbonyl (C=O) groups is 3. The maximum atomic E-state index is 13.1. The lowest BCUT2D eigenvalue weighted by atomic mass is 9.95. The summed E-state index contributed by atoms with van der Waals surface area (Å²) in [5.41, 5.74) is 0.609. The van der Waals surface area contributed by atoms with Crippen molar-refractivity contribution < 1.29 is 23.5 Å². The fraction of sp³-hybridized carbons (Fsp3) is 0.174. The summed E-state index contributed by atoms with van der Waals surface area (Å²) in [7, 11) is 1.53. The zero-order valence-electron chi connectivity index (χ0n) is 17.9. The number of amides is 4. The Balaban J connectivity index is 1.39. The van der Waals surface area contributed by atoms with Crippen LogP contribution in [0.1, 0.15) is 21.7 Å². The number of urea groups is 1. The Morgan fingerprint density at radius 2 is 2.06 bits per heavy atom. The average Bonchev–Trinajstić information content (AvgIpc) is 3.61. The lowest BCUT2D eigenvalue weighted by Crippen LogP contribution is -2.52. The summed E-state index contributed by atoms with van der Waals surface area (Å²) in [5, 5.41) is 9.12. The summed E-state index contributed by atoms with van der Waals surface area (Å²) < 4.78 is 12.8. The van der Waals surface area contributed by atoms with Gasteiger partial charge in [-0.25, -0.2) is 14.5 Å². The van der Waals surface area contributed by atoms with Crippen LogP contribution in [0.3, 0.4) is 0 Å². The lowest BCUT2D eigenvalue weighted by Gasteiger charge is -2.28. The number of fused-ring (bicyclic) bond motifs is 2. The van der Waals surface area contributed by atoms with E-state index < -0.39 is 17.5 Å². The highest BCUT2D eigenvalue weighted by Crippen LogP contribution is 2.34. The van der Waals surface area contributed by atoms with Crippen molar-refractivity contribution in [3.63, 3.8) is 0 Å². The molecule has 11 heteroatoms. The quantitative estimate of drug-likeness (QED) is 0.435. The first-order valence-electron chi connectivity index (χ1n) is 10.5. The lowest BCUT2D eigenvalue weighted by molar-refractivity contribution is -0.125. The number of ether oxygens (including phenoxy) is 1. The summed E-state index contributed by atoms with van der Waals surface area (Å²) in [6.07, 6.45) is 3.40. The number of nitrogens with one attached hydrogen (secondary N) is 2. The van der Waals surface area contributed by atoms with Crippen LogP contribution in [0, 0.1) is 0 Å². The number of pyridine rings is 1. The van der Waals surface area contributed by atoms with Crippen LogP contribution in [-0.2, 0) is 16.9 Å². The third-order valence-electron chi connectivity index (χ3n) is 6.08. The van der Waals surface area contributed by atoms with E-state index in [1.165, 1.54) is 12.0 Å². The molecule has 4 amide bonds. The van der Waals surface area contributed by atoms with E-state index in [-0.39, 0.29) is 24.8 Å². The molecule has 6 rings (SSSR count). The Morgan fingerprint density at radius 1 is 1.18 bits per heavy atom. The van der Waals surface area contributed by atoms with Crippen LogP contribution in [0.25, 0.3) is 16.9 Å². The minimum atomic E-state index is -1.61. The van der Waals surface area contributed by atoms with Gasteiger partial charge in [0.2, 0.25) is 0 Å². The standard InChI is InChI=1S/C23H18N6O5/c1-33-14-4-3-13-11-28(20(30)15(13)9-14)12-23(21(31)26-22(32)27-23)18-10-16-17(34-18)5-6-19(25-16)29-8-2-7-24-29/h2-10H,11-12H2,1H3,(H2,26,27,31,32)/t23-/m0/s1. The van der Waals surface area contributed by atoms with E-state index >= 15 is 0 Å². The zero-order chi connectivity index (χ0) is 23.4. The number of nitrogens with zero attached hydrogens (tertiary/aromatic N) is 4. The molecular weight excluding hydrogens is 440 g/mol. The van der Waals surface area contributed by atoms with Crippen molar-refractivity contribution in [1.82, 2.24) is 30.3 Å². The molecule has 1 atom stereocenters. The monoisotopic (exact) mass is 458 g/mol. The topological polar surface area (TPSA) is 132 Å². The van der Waals surface area contributed by atoms with Gasteiger partial charge in [0.25, 0.3) is 11.8 Å². The van der Waals surface area contributed by atoms with Gasteiger partial charge < -0.3 is 19.4 Å². The SMILES string of the molecule is COc1ccc2c(c1)C(=O)N(C[C@@]1(c3cc4nc(-n5cccn5)ccc4o3)NC(=O)NC1=O)C2. The molecule has 2 aliphatic heterocycles. The van der Waals surface area contributed by atoms with Crippen LogP contribution >= 0.6 is 0 Å². The van der Waals surface area contributed by atoms with E-state index in [1.807, 2.05) is 6.07 Å². The van der Waals surface area contributed by atoms with Crippen molar-refractivity contribution >= 4 is 28.9 Å². The Labute approximate surface area is 192 Å². The first kappa shape index (κ1) is 20.0. The first-order valence-corrected chi connectivity index (χ1v) is 10.5. The smallest absolute Gasteiger partial charge is 0.322 e. The number of furan rings is 1. The molecule has 2 aliphatic rings. The molecule has 4 aromatic rings. The number of carbonyl (C=O) groups excluding carboxylic acids is 3. The maximum absolute atomic E-state index is 13.1. The van der Waals surface area contributed by atoms with Gasteiger partial charge >= 0.3 is 6.03 Å². The molecule has 0 radical (unpaired) electrons. The van der Waals surface area contributed by atoms with Crippen molar-refractivity contribution in [2.24, 2.45) is 0 Å². The van der Waals surface area contributed by atoms with E-state index in [0.29, 0.717) is 28.2 Å². The number of benzene rings is 1. The third kappa shape index (κ3) is 2.94. The summed E-state index contributed by atoms with van der Waals surface area (Å²) in [6, 6.07) is 11.4. The minimum Gasteiger partial charge on any atom is -0.497 e. The summed E-state index contributed by atoms with van der Waals surface area (Å²) in [5.74, 6) is 0.435. The molecule has 0 unspecified atom stereocenters. The Hall–Kier alpha value is -4.67. The second kappa shape index (κ2) is 7.17. The number of imide groups is 1. The number of rotatable bonds is 5. The van der Waals surface area contributed by atoms with Gasteiger partial charge in [-0.1, -0.05) is 6.07 Å². The molecule has 1 fully saturated rings. The molecular formula is C23H18N6O5. The predicted octanol–water partition coefficient (Wildman–Crippen LogP) is 1.71. The summed E-state index contributed by atoms with van der Waals surface area (Å²) >= 11 is 0. The number of hydrogen-bond acceptors (Lipinski definition) is 7. The fourth-order valence-electron chi connectivity index (χ4n) is 4.39. The van der Waals surface area contributed by atoms with Crippen molar-refractivity contribution in [1.29, 1.82) is 0 Å². The zero-order valence-corrected chi connectivity index (χ0v) is 17.9. The highest BCUT2D eigenvalue weighted by Gasteiger charge is 2.53. The molecule has 1 aromatic carbocycles. The van der Waals surface area contributed by atoms with E-state index in [0.717, 1.165) is 5.56 Å². The van der Waals surface area contributed by atoms with Crippen molar-refractivity contribution in [3.8, 4) is 11.6 Å². The van der Waals surface area contributed by atoms with Gasteiger partial charge in [0.05, 0.1) is 13.7 Å². The van der Waals surface area contributed by atoms with Crippen LogP contribution in [-0.4, -0.2) is 51.2 Å². The van der Waals surface area contributed by atoms with Crippen molar-refractivity contribution in [2.45, 2.75) is 12.1 Å². The van der Waals surface area contributed by atoms with E-state index in [2.05, 4.69) is 20.7 Å². The molecule has 11 nitrogen and oxygen atoms in total. The van der Waals surface area contributed by atoms with Gasteiger partial charge in [-0.2, -0.15) is 5.10 Å². The van der Waals surface area contributed by atoms with Gasteiger partial charge in [0.1, 0.15) is 17.0 Å². The van der Waals surface area contributed by atoms with Crippen molar-refractivity contribution in [2.75, 3.05) is 13.7 Å². The largest absolute Gasteiger partial charge is 0.497 e. The van der Waals surface area contributed by atoms with Crippen molar-refractivity contribution in [3.05, 3.63) is 71.7 Å². The average molecular weight is 458 g/mol. The first-order chi connectivity index (χ1) is 16.5. The Morgan fingerprint density at radius 3 is 2.79 bits per heavy atom. The van der Waals surface area contributed by atoms with Crippen LogP contribution in [0.2, 0.25) is 0 Å². The van der Waals surface area contributed by atoms with Gasteiger partial charge in [-0.05, 0) is 35.9 Å². The molecule has 2 N–H and O–H groups in total. The molecule has 0 saturated carbocycles. The highest BCUT2D eigenvalue weighted by atomic mass is 16.5. The third-order valence-corrected chi connectivity index (χ3v) is 6.08. The molecule has 5 heterocycles. The Kier molecular flexibility index (Phi) is 4.21.